The standard InChI is InChI=1S/C17H27N3O2/c1-14-5-6-15(13-16(14)22-3)17(21)18-7-4-8-20-11-9-19(2)10-12-20/h5-6,13H,4,7-12H2,1-3H3,(H,18,21). The van der Waals surface area contributed by atoms with Crippen molar-refractivity contribution in [1.82, 2.24) is 15.1 Å². The lowest BCUT2D eigenvalue weighted by Crippen LogP contribution is -2.45. The number of methoxy groups -OCH3 is 1. The van der Waals surface area contributed by atoms with E-state index in [0.29, 0.717) is 12.1 Å². The minimum atomic E-state index is -0.0309. The van der Waals surface area contributed by atoms with Crippen molar-refractivity contribution in [3.63, 3.8) is 0 Å². The first-order valence-electron chi connectivity index (χ1n) is 7.94. The van der Waals surface area contributed by atoms with E-state index in [0.717, 1.165) is 50.5 Å². The first kappa shape index (κ1) is 16.8. The number of nitrogens with one attached hydrogen (secondary N) is 1. The molecule has 1 saturated heterocycles. The van der Waals surface area contributed by atoms with Crippen molar-refractivity contribution < 1.29 is 9.53 Å². The number of ether oxygens (including phenoxy) is 1. The molecule has 1 heterocycles. The second-order valence-corrected chi connectivity index (χ2v) is 5.94. The van der Waals surface area contributed by atoms with Crippen molar-refractivity contribution in [2.75, 3.05) is 53.4 Å². The molecule has 0 bridgehead atoms. The van der Waals surface area contributed by atoms with Gasteiger partial charge in [0.15, 0.2) is 0 Å². The first-order chi connectivity index (χ1) is 10.6. The van der Waals surface area contributed by atoms with Crippen molar-refractivity contribution in [1.29, 1.82) is 0 Å². The van der Waals surface area contributed by atoms with E-state index in [1.807, 2.05) is 19.1 Å². The average Bonchev–Trinajstić information content (AvgIpc) is 2.53. The Hall–Kier alpha value is -1.59. The third-order valence-corrected chi connectivity index (χ3v) is 4.20. The summed E-state index contributed by atoms with van der Waals surface area (Å²) >= 11 is 0. The van der Waals surface area contributed by atoms with Crippen molar-refractivity contribution >= 4 is 5.91 Å². The summed E-state index contributed by atoms with van der Waals surface area (Å²) in [7, 11) is 3.79. The number of benzene rings is 1. The zero-order valence-electron chi connectivity index (χ0n) is 13.9. The van der Waals surface area contributed by atoms with Gasteiger partial charge >= 0.3 is 0 Å². The van der Waals surface area contributed by atoms with Crippen LogP contribution < -0.4 is 10.1 Å². The number of nitrogens with zero attached hydrogens (tertiary/aromatic N) is 2. The Morgan fingerprint density at radius 1 is 1.27 bits per heavy atom. The third-order valence-electron chi connectivity index (χ3n) is 4.20. The molecule has 1 aliphatic rings. The fraction of sp³-hybridized carbons (Fsp3) is 0.588. The van der Waals surface area contributed by atoms with Crippen LogP contribution in [-0.2, 0) is 0 Å². The topological polar surface area (TPSA) is 44.8 Å². The van der Waals surface area contributed by atoms with Gasteiger partial charge in [-0.3, -0.25) is 4.79 Å². The highest BCUT2D eigenvalue weighted by Crippen LogP contribution is 2.18. The summed E-state index contributed by atoms with van der Waals surface area (Å²) in [5.41, 5.74) is 1.69. The van der Waals surface area contributed by atoms with Crippen LogP contribution in [0.25, 0.3) is 0 Å². The fourth-order valence-corrected chi connectivity index (χ4v) is 2.64. The molecular weight excluding hydrogens is 278 g/mol. The molecule has 5 nitrogen and oxygen atoms in total. The first-order valence-corrected chi connectivity index (χ1v) is 7.94. The van der Waals surface area contributed by atoms with Gasteiger partial charge in [0.1, 0.15) is 5.75 Å². The molecule has 0 unspecified atom stereocenters. The number of carbonyl (C=O) groups is 1. The second kappa shape index (κ2) is 8.15. The van der Waals surface area contributed by atoms with Gasteiger partial charge in [0.25, 0.3) is 5.91 Å². The molecule has 5 heteroatoms. The highest BCUT2D eigenvalue weighted by atomic mass is 16.5. The number of piperazine rings is 1. The van der Waals surface area contributed by atoms with Crippen LogP contribution in [0.4, 0.5) is 0 Å². The number of rotatable bonds is 6. The monoisotopic (exact) mass is 305 g/mol. The number of amides is 1. The zero-order valence-corrected chi connectivity index (χ0v) is 13.9. The lowest BCUT2D eigenvalue weighted by Gasteiger charge is -2.32. The number of hydrogen-bond donors (Lipinski definition) is 1. The SMILES string of the molecule is COc1cc(C(=O)NCCCN2CCN(C)CC2)ccc1C. The van der Waals surface area contributed by atoms with E-state index in [9.17, 15) is 4.79 Å². The smallest absolute Gasteiger partial charge is 0.251 e. The molecule has 0 atom stereocenters. The summed E-state index contributed by atoms with van der Waals surface area (Å²) in [6, 6.07) is 5.55. The van der Waals surface area contributed by atoms with Gasteiger partial charge in [-0.2, -0.15) is 0 Å². The average molecular weight is 305 g/mol. The third kappa shape index (κ3) is 4.71. The van der Waals surface area contributed by atoms with Crippen LogP contribution in [-0.4, -0.2) is 69.1 Å². The summed E-state index contributed by atoms with van der Waals surface area (Å²) in [4.78, 5) is 16.9. The molecule has 1 amide bonds. The highest BCUT2D eigenvalue weighted by Gasteiger charge is 2.13. The van der Waals surface area contributed by atoms with Crippen LogP contribution in [0.2, 0.25) is 0 Å². The summed E-state index contributed by atoms with van der Waals surface area (Å²) in [5, 5.41) is 2.99. The molecule has 0 radical (unpaired) electrons. The Balaban J connectivity index is 1.71. The molecule has 1 aromatic rings. The molecule has 22 heavy (non-hydrogen) atoms. The Labute approximate surface area is 133 Å². The van der Waals surface area contributed by atoms with Gasteiger partial charge in [0.2, 0.25) is 0 Å². The Bertz CT molecular complexity index is 497. The van der Waals surface area contributed by atoms with Crippen LogP contribution in [0.15, 0.2) is 18.2 Å². The van der Waals surface area contributed by atoms with Crippen LogP contribution >= 0.6 is 0 Å². The van der Waals surface area contributed by atoms with E-state index < -0.39 is 0 Å². The van der Waals surface area contributed by atoms with Gasteiger partial charge in [-0.05, 0) is 44.6 Å². The van der Waals surface area contributed by atoms with E-state index in [1.54, 1.807) is 13.2 Å². The van der Waals surface area contributed by atoms with Gasteiger partial charge in [-0.1, -0.05) is 6.07 Å². The summed E-state index contributed by atoms with van der Waals surface area (Å²) in [5.74, 6) is 0.724. The van der Waals surface area contributed by atoms with E-state index in [-0.39, 0.29) is 5.91 Å². The molecule has 0 spiro atoms. The number of aryl methyl sites for hydroxylation is 1. The molecule has 122 valence electrons. The lowest BCUT2D eigenvalue weighted by atomic mass is 10.1. The molecule has 1 N–H and O–H groups in total. The largest absolute Gasteiger partial charge is 0.496 e. The van der Waals surface area contributed by atoms with Gasteiger partial charge in [0.05, 0.1) is 7.11 Å². The van der Waals surface area contributed by atoms with E-state index in [4.69, 9.17) is 4.74 Å². The van der Waals surface area contributed by atoms with Gasteiger partial charge in [-0.15, -0.1) is 0 Å². The zero-order chi connectivity index (χ0) is 15.9. The molecule has 1 aromatic carbocycles. The maximum Gasteiger partial charge on any atom is 0.251 e. The van der Waals surface area contributed by atoms with Crippen LogP contribution in [0.3, 0.4) is 0 Å². The maximum absolute atomic E-state index is 12.1. The summed E-state index contributed by atoms with van der Waals surface area (Å²) < 4.78 is 5.26. The van der Waals surface area contributed by atoms with Gasteiger partial charge in [-0.25, -0.2) is 0 Å². The minimum Gasteiger partial charge on any atom is -0.496 e. The fourth-order valence-electron chi connectivity index (χ4n) is 2.64. The van der Waals surface area contributed by atoms with Crippen LogP contribution in [0.1, 0.15) is 22.3 Å². The van der Waals surface area contributed by atoms with E-state index in [2.05, 4.69) is 22.2 Å². The summed E-state index contributed by atoms with van der Waals surface area (Å²) in [6.07, 6.45) is 0.985. The van der Waals surface area contributed by atoms with Crippen LogP contribution in [0.5, 0.6) is 5.75 Å². The van der Waals surface area contributed by atoms with E-state index in [1.165, 1.54) is 0 Å². The van der Waals surface area contributed by atoms with Crippen LogP contribution in [0, 0.1) is 6.92 Å². The number of carbonyl (C=O) groups excluding carboxylic acids is 1. The molecular formula is C17H27N3O2. The normalized spacial score (nSPS) is 16.5. The molecule has 2 rings (SSSR count). The van der Waals surface area contributed by atoms with Gasteiger partial charge in [0, 0.05) is 38.3 Å². The molecule has 1 fully saturated rings. The number of hydrogen-bond acceptors (Lipinski definition) is 4. The Morgan fingerprint density at radius 2 is 2.00 bits per heavy atom. The van der Waals surface area contributed by atoms with Gasteiger partial charge < -0.3 is 19.9 Å². The molecule has 0 aromatic heterocycles. The number of likely N-dealkylation sites (N-methyl/N-ethyl adjacent to an activating group) is 1. The van der Waals surface area contributed by atoms with Crippen molar-refractivity contribution in [3.05, 3.63) is 29.3 Å². The molecule has 0 saturated carbocycles. The highest BCUT2D eigenvalue weighted by molar-refractivity contribution is 5.94. The summed E-state index contributed by atoms with van der Waals surface area (Å²) in [6.45, 7) is 8.24. The lowest BCUT2D eigenvalue weighted by molar-refractivity contribution is 0.0949. The van der Waals surface area contributed by atoms with Crippen molar-refractivity contribution in [3.8, 4) is 5.75 Å². The second-order valence-electron chi connectivity index (χ2n) is 5.94. The predicted octanol–water partition coefficient (Wildman–Crippen LogP) is 1.37. The minimum absolute atomic E-state index is 0.0309. The molecule has 1 aliphatic heterocycles. The Kier molecular flexibility index (Phi) is 6.21. The Morgan fingerprint density at radius 3 is 2.68 bits per heavy atom. The quantitative estimate of drug-likeness (QED) is 0.806. The predicted molar refractivity (Wildman–Crippen MR) is 88.6 cm³/mol. The van der Waals surface area contributed by atoms with E-state index >= 15 is 0 Å². The maximum atomic E-state index is 12.1. The van der Waals surface area contributed by atoms with Crippen molar-refractivity contribution in [2.24, 2.45) is 0 Å². The van der Waals surface area contributed by atoms with Crippen molar-refractivity contribution in [2.45, 2.75) is 13.3 Å². The molecule has 0 aliphatic carbocycles.